The summed E-state index contributed by atoms with van der Waals surface area (Å²) in [4.78, 5) is 0. The van der Waals surface area contributed by atoms with Crippen molar-refractivity contribution in [2.24, 2.45) is 0 Å². The smallest absolute Gasteiger partial charge is 0.234 e. The van der Waals surface area contributed by atoms with Crippen molar-refractivity contribution in [1.82, 2.24) is 10.2 Å². The molecule has 0 aromatic carbocycles. The van der Waals surface area contributed by atoms with E-state index in [0.29, 0.717) is 5.13 Å². The minimum Gasteiger partial charge on any atom is -0.257 e. The van der Waals surface area contributed by atoms with E-state index >= 15 is 0 Å². The van der Waals surface area contributed by atoms with E-state index in [1.807, 2.05) is 0 Å². The highest BCUT2D eigenvalue weighted by Crippen LogP contribution is 2.14. The maximum absolute atomic E-state index is 11.0. The molecule has 0 radical (unpaired) electrons. The van der Waals surface area contributed by atoms with Gasteiger partial charge in [0, 0.05) is 0 Å². The number of rotatable bonds is 3. The molecule has 1 aromatic rings. The molecule has 1 rings (SSSR count). The number of aryl methyl sites for hydroxylation is 1. The first-order chi connectivity index (χ1) is 5.53. The predicted octanol–water partition coefficient (Wildman–Crippen LogP) is 0.608. The van der Waals surface area contributed by atoms with Crippen LogP contribution < -0.4 is 4.72 Å². The Hall–Kier alpha value is -0.690. The molecule has 0 aliphatic heterocycles. The molecule has 0 saturated heterocycles. The van der Waals surface area contributed by atoms with Crippen molar-refractivity contribution in [1.29, 1.82) is 0 Å². The topological polar surface area (TPSA) is 72.0 Å². The molecular formula is C5H9N3O2S2. The summed E-state index contributed by atoms with van der Waals surface area (Å²) in [5.74, 6) is 0.0472. The summed E-state index contributed by atoms with van der Waals surface area (Å²) >= 11 is 1.22. The van der Waals surface area contributed by atoms with Gasteiger partial charge in [-0.25, -0.2) is 8.42 Å². The summed E-state index contributed by atoms with van der Waals surface area (Å²) in [6.45, 7) is 3.33. The summed E-state index contributed by atoms with van der Waals surface area (Å²) in [7, 11) is -3.20. The Balaban J connectivity index is 2.77. The normalized spacial score (nSPS) is 11.5. The molecule has 0 spiro atoms. The molecule has 1 heterocycles. The third kappa shape index (κ3) is 2.42. The highest BCUT2D eigenvalue weighted by molar-refractivity contribution is 7.92. The molecule has 68 valence electrons. The van der Waals surface area contributed by atoms with E-state index in [4.69, 9.17) is 0 Å². The number of nitrogens with one attached hydrogen (secondary N) is 1. The molecule has 0 aliphatic carbocycles. The largest absolute Gasteiger partial charge is 0.257 e. The summed E-state index contributed by atoms with van der Waals surface area (Å²) < 4.78 is 24.3. The van der Waals surface area contributed by atoms with Crippen LogP contribution in [0.2, 0.25) is 0 Å². The first kappa shape index (κ1) is 9.40. The molecule has 0 fully saturated rings. The number of anilines is 1. The minimum atomic E-state index is -3.20. The van der Waals surface area contributed by atoms with Gasteiger partial charge in [-0.05, 0) is 13.8 Å². The van der Waals surface area contributed by atoms with Crippen molar-refractivity contribution >= 4 is 26.5 Å². The van der Waals surface area contributed by atoms with Crippen molar-refractivity contribution in [3.05, 3.63) is 5.01 Å². The van der Waals surface area contributed by atoms with Crippen molar-refractivity contribution in [2.45, 2.75) is 13.8 Å². The van der Waals surface area contributed by atoms with Crippen LogP contribution in [-0.4, -0.2) is 24.4 Å². The summed E-state index contributed by atoms with van der Waals surface area (Å²) in [6, 6.07) is 0. The number of nitrogens with zero attached hydrogens (tertiary/aromatic N) is 2. The molecule has 1 aromatic heterocycles. The maximum Gasteiger partial charge on any atom is 0.234 e. The third-order valence-electron chi connectivity index (χ3n) is 1.15. The summed E-state index contributed by atoms with van der Waals surface area (Å²) in [5, 5.41) is 8.37. The molecule has 12 heavy (non-hydrogen) atoms. The highest BCUT2D eigenvalue weighted by atomic mass is 32.2. The lowest BCUT2D eigenvalue weighted by Crippen LogP contribution is -2.14. The third-order valence-corrected chi connectivity index (χ3v) is 3.30. The zero-order chi connectivity index (χ0) is 9.19. The number of hydrogen-bond donors (Lipinski definition) is 1. The van der Waals surface area contributed by atoms with Crippen LogP contribution in [0.1, 0.15) is 11.9 Å². The number of hydrogen-bond acceptors (Lipinski definition) is 5. The molecule has 0 atom stereocenters. The van der Waals surface area contributed by atoms with Crippen LogP contribution in [0, 0.1) is 6.92 Å². The van der Waals surface area contributed by atoms with Gasteiger partial charge in [-0.2, -0.15) is 0 Å². The van der Waals surface area contributed by atoms with E-state index in [0.717, 1.165) is 5.01 Å². The van der Waals surface area contributed by atoms with Gasteiger partial charge in [0.15, 0.2) is 0 Å². The molecule has 0 amide bonds. The number of aromatic nitrogens is 2. The van der Waals surface area contributed by atoms with E-state index in [1.165, 1.54) is 11.3 Å². The van der Waals surface area contributed by atoms with Crippen molar-refractivity contribution in [3.8, 4) is 0 Å². The Morgan fingerprint density at radius 3 is 2.58 bits per heavy atom. The second-order valence-corrected chi connectivity index (χ2v) is 5.32. The van der Waals surface area contributed by atoms with Crippen molar-refractivity contribution in [3.63, 3.8) is 0 Å². The van der Waals surface area contributed by atoms with Crippen LogP contribution in [0.5, 0.6) is 0 Å². The van der Waals surface area contributed by atoms with E-state index in [2.05, 4.69) is 14.9 Å². The molecule has 0 saturated carbocycles. The molecule has 0 aliphatic rings. The van der Waals surface area contributed by atoms with Gasteiger partial charge in [0.2, 0.25) is 15.2 Å². The molecular weight excluding hydrogens is 198 g/mol. The van der Waals surface area contributed by atoms with Crippen LogP contribution in [0.25, 0.3) is 0 Å². The Labute approximate surface area is 74.9 Å². The van der Waals surface area contributed by atoms with Gasteiger partial charge < -0.3 is 0 Å². The first-order valence-corrected chi connectivity index (χ1v) is 5.81. The zero-order valence-corrected chi connectivity index (χ0v) is 8.37. The van der Waals surface area contributed by atoms with E-state index in [1.54, 1.807) is 13.8 Å². The van der Waals surface area contributed by atoms with Crippen molar-refractivity contribution < 1.29 is 8.42 Å². The second-order valence-electron chi connectivity index (χ2n) is 2.13. The van der Waals surface area contributed by atoms with Gasteiger partial charge in [0.05, 0.1) is 5.75 Å². The second kappa shape index (κ2) is 3.36. The van der Waals surface area contributed by atoms with Crippen LogP contribution in [0.4, 0.5) is 5.13 Å². The maximum atomic E-state index is 11.0. The van der Waals surface area contributed by atoms with Crippen LogP contribution >= 0.6 is 11.3 Å². The minimum absolute atomic E-state index is 0.0472. The Morgan fingerprint density at radius 2 is 2.17 bits per heavy atom. The fraction of sp³-hybridized carbons (Fsp3) is 0.600. The van der Waals surface area contributed by atoms with E-state index in [-0.39, 0.29) is 5.75 Å². The van der Waals surface area contributed by atoms with E-state index in [9.17, 15) is 8.42 Å². The zero-order valence-electron chi connectivity index (χ0n) is 6.73. The van der Waals surface area contributed by atoms with Gasteiger partial charge in [-0.1, -0.05) is 11.3 Å². The number of sulfonamides is 1. The fourth-order valence-electron chi connectivity index (χ4n) is 0.543. The fourth-order valence-corrected chi connectivity index (χ4v) is 1.98. The summed E-state index contributed by atoms with van der Waals surface area (Å²) in [6.07, 6.45) is 0. The monoisotopic (exact) mass is 207 g/mol. The molecule has 0 unspecified atom stereocenters. The van der Waals surface area contributed by atoms with Gasteiger partial charge in [0.1, 0.15) is 5.01 Å². The van der Waals surface area contributed by atoms with E-state index < -0.39 is 10.0 Å². The van der Waals surface area contributed by atoms with Gasteiger partial charge in [-0.15, -0.1) is 10.2 Å². The highest BCUT2D eigenvalue weighted by Gasteiger charge is 2.09. The molecule has 7 heteroatoms. The van der Waals surface area contributed by atoms with Crippen LogP contribution in [0.15, 0.2) is 0 Å². The van der Waals surface area contributed by atoms with Crippen molar-refractivity contribution in [2.75, 3.05) is 10.5 Å². The Morgan fingerprint density at radius 1 is 1.50 bits per heavy atom. The van der Waals surface area contributed by atoms with Gasteiger partial charge >= 0.3 is 0 Å². The standard InChI is InChI=1S/C5H9N3O2S2/c1-3-12(9,10)8-5-7-6-4(2)11-5/h3H2,1-2H3,(H,7,8). The Kier molecular flexibility index (Phi) is 2.63. The lowest BCUT2D eigenvalue weighted by atomic mass is 10.9. The van der Waals surface area contributed by atoms with Gasteiger partial charge in [0.25, 0.3) is 0 Å². The quantitative estimate of drug-likeness (QED) is 0.788. The first-order valence-electron chi connectivity index (χ1n) is 3.34. The Bertz CT molecular complexity index is 357. The van der Waals surface area contributed by atoms with Crippen LogP contribution in [0.3, 0.4) is 0 Å². The average Bonchev–Trinajstić information content (AvgIpc) is 2.35. The molecule has 0 bridgehead atoms. The average molecular weight is 207 g/mol. The molecule has 1 N–H and O–H groups in total. The molecule has 5 nitrogen and oxygen atoms in total. The van der Waals surface area contributed by atoms with Crippen LogP contribution in [-0.2, 0) is 10.0 Å². The van der Waals surface area contributed by atoms with Gasteiger partial charge in [-0.3, -0.25) is 4.72 Å². The lowest BCUT2D eigenvalue weighted by molar-refractivity contribution is 0.602. The summed E-state index contributed by atoms with van der Waals surface area (Å²) in [5.41, 5.74) is 0. The SMILES string of the molecule is CCS(=O)(=O)Nc1nnc(C)s1. The predicted molar refractivity (Wildman–Crippen MR) is 47.7 cm³/mol. The lowest BCUT2D eigenvalue weighted by Gasteiger charge is -1.98.